The molecule has 1 aromatic carbocycles. The Bertz CT molecular complexity index is 941. The summed E-state index contributed by atoms with van der Waals surface area (Å²) in [5, 5.41) is 18.8. The van der Waals surface area contributed by atoms with Gasteiger partial charge in [-0.2, -0.15) is 18.3 Å². The van der Waals surface area contributed by atoms with Gasteiger partial charge in [0.1, 0.15) is 5.37 Å². The van der Waals surface area contributed by atoms with E-state index in [0.29, 0.717) is 16.5 Å². The number of alkyl halides is 3. The average molecular weight is 426 g/mol. The number of hydrogen-bond donors (Lipinski definition) is 2. The van der Waals surface area contributed by atoms with E-state index in [2.05, 4.69) is 19.5 Å². The van der Waals surface area contributed by atoms with E-state index in [0.717, 1.165) is 35.6 Å². The van der Waals surface area contributed by atoms with Gasteiger partial charge in [-0.25, -0.2) is 9.30 Å². The fourth-order valence-corrected chi connectivity index (χ4v) is 6.36. The summed E-state index contributed by atoms with van der Waals surface area (Å²) in [6.07, 6.45) is -0.465. The van der Waals surface area contributed by atoms with Crippen LogP contribution in [0.25, 0.3) is 0 Å². The molecule has 0 bridgehead atoms. The van der Waals surface area contributed by atoms with Gasteiger partial charge >= 0.3 is 6.18 Å². The summed E-state index contributed by atoms with van der Waals surface area (Å²) in [6.45, 7) is 1.85. The lowest BCUT2D eigenvalue weighted by molar-refractivity contribution is -0.137. The number of aliphatic imine (C=N–C) groups is 1. The number of aromatic amines is 1. The SMILES string of the molecule is CC1=NC2(O)c3[nH]ncc3C(C3CC3)N(Sc3ccc(C(F)(F)F)cc3)C2S1. The molecule has 0 radical (unpaired) electrons. The zero-order valence-corrected chi connectivity index (χ0v) is 16.4. The molecule has 1 fully saturated rings. The maximum absolute atomic E-state index is 12.9. The van der Waals surface area contributed by atoms with Crippen molar-refractivity contribution in [2.45, 2.75) is 48.0 Å². The second-order valence-corrected chi connectivity index (χ2v) is 9.63. The monoisotopic (exact) mass is 426 g/mol. The van der Waals surface area contributed by atoms with E-state index in [1.165, 1.54) is 35.8 Å². The number of thioether (sulfide) groups is 1. The molecule has 5 nitrogen and oxygen atoms in total. The summed E-state index contributed by atoms with van der Waals surface area (Å²) in [6, 6.07) is 5.18. The predicted molar refractivity (Wildman–Crippen MR) is 102 cm³/mol. The molecule has 28 heavy (non-hydrogen) atoms. The van der Waals surface area contributed by atoms with Crippen LogP contribution in [0.5, 0.6) is 0 Å². The normalized spacial score (nSPS) is 30.1. The van der Waals surface area contributed by atoms with Gasteiger partial charge in [0.25, 0.3) is 0 Å². The first-order chi connectivity index (χ1) is 13.3. The largest absolute Gasteiger partial charge is 0.416 e. The third-order valence-corrected chi connectivity index (χ3v) is 7.75. The maximum Gasteiger partial charge on any atom is 0.416 e. The molecule has 3 unspecified atom stereocenters. The van der Waals surface area contributed by atoms with E-state index in [1.807, 2.05) is 6.92 Å². The Labute approximate surface area is 167 Å². The van der Waals surface area contributed by atoms with Crippen molar-refractivity contribution in [3.8, 4) is 0 Å². The first kappa shape index (κ1) is 18.5. The van der Waals surface area contributed by atoms with Crippen molar-refractivity contribution in [2.75, 3.05) is 0 Å². The smallest absolute Gasteiger partial charge is 0.362 e. The van der Waals surface area contributed by atoms with E-state index in [4.69, 9.17) is 0 Å². The van der Waals surface area contributed by atoms with Crippen LogP contribution in [0.15, 0.2) is 40.4 Å². The third kappa shape index (κ3) is 2.89. The minimum Gasteiger partial charge on any atom is -0.362 e. The Balaban J connectivity index is 1.52. The lowest BCUT2D eigenvalue weighted by Gasteiger charge is -2.44. The van der Waals surface area contributed by atoms with Gasteiger partial charge < -0.3 is 5.11 Å². The number of rotatable bonds is 3. The van der Waals surface area contributed by atoms with Crippen LogP contribution >= 0.6 is 23.7 Å². The highest BCUT2D eigenvalue weighted by Crippen LogP contribution is 2.59. The van der Waals surface area contributed by atoms with Crippen LogP contribution in [0.3, 0.4) is 0 Å². The molecular formula is C18H17F3N4OS2. The molecular weight excluding hydrogens is 409 g/mol. The molecule has 3 heterocycles. The molecule has 2 aliphatic heterocycles. The number of benzene rings is 1. The quantitative estimate of drug-likeness (QED) is 0.706. The van der Waals surface area contributed by atoms with E-state index in [9.17, 15) is 18.3 Å². The van der Waals surface area contributed by atoms with E-state index in [-0.39, 0.29) is 11.4 Å². The Morgan fingerprint density at radius 1 is 1.29 bits per heavy atom. The van der Waals surface area contributed by atoms with Gasteiger partial charge in [0.05, 0.1) is 28.5 Å². The van der Waals surface area contributed by atoms with Gasteiger partial charge in [-0.3, -0.25) is 5.10 Å². The summed E-state index contributed by atoms with van der Waals surface area (Å²) in [5.74, 6) is 0.435. The van der Waals surface area contributed by atoms with Gasteiger partial charge in [-0.1, -0.05) is 11.8 Å². The van der Waals surface area contributed by atoms with Gasteiger partial charge in [0.15, 0.2) is 0 Å². The number of fused-ring (bicyclic) bond motifs is 3. The van der Waals surface area contributed by atoms with Crippen LogP contribution in [0.2, 0.25) is 0 Å². The van der Waals surface area contributed by atoms with Crippen molar-refractivity contribution >= 4 is 28.8 Å². The topological polar surface area (TPSA) is 64.5 Å². The minimum absolute atomic E-state index is 0.0277. The second kappa shape index (κ2) is 6.25. The molecule has 0 saturated heterocycles. The van der Waals surface area contributed by atoms with E-state index < -0.39 is 17.5 Å². The maximum atomic E-state index is 12.9. The van der Waals surface area contributed by atoms with Gasteiger partial charge in [-0.05, 0) is 61.9 Å². The van der Waals surface area contributed by atoms with Gasteiger partial charge in [0.2, 0.25) is 5.72 Å². The molecule has 1 aromatic heterocycles. The molecule has 148 valence electrons. The van der Waals surface area contributed by atoms with Crippen LogP contribution < -0.4 is 0 Å². The predicted octanol–water partition coefficient (Wildman–Crippen LogP) is 4.54. The third-order valence-electron chi connectivity index (χ3n) is 5.28. The van der Waals surface area contributed by atoms with E-state index in [1.54, 1.807) is 6.20 Å². The summed E-state index contributed by atoms with van der Waals surface area (Å²) in [4.78, 5) is 5.16. The molecule has 10 heteroatoms. The minimum atomic E-state index is -4.36. The number of halogens is 3. The molecule has 5 rings (SSSR count). The second-order valence-electron chi connectivity index (χ2n) is 7.28. The molecule has 0 amide bonds. The summed E-state index contributed by atoms with van der Waals surface area (Å²) >= 11 is 2.85. The van der Waals surface area contributed by atoms with Crippen LogP contribution in [0.4, 0.5) is 13.2 Å². The van der Waals surface area contributed by atoms with Crippen molar-refractivity contribution < 1.29 is 18.3 Å². The Morgan fingerprint density at radius 2 is 2.00 bits per heavy atom. The van der Waals surface area contributed by atoms with Crippen LogP contribution in [-0.4, -0.2) is 30.0 Å². The number of H-pyrrole nitrogens is 1. The molecule has 2 N–H and O–H groups in total. The van der Waals surface area contributed by atoms with Crippen molar-refractivity contribution in [3.63, 3.8) is 0 Å². The molecule has 3 aliphatic rings. The molecule has 0 spiro atoms. The highest BCUT2D eigenvalue weighted by Gasteiger charge is 2.58. The number of nitrogens with zero attached hydrogens (tertiary/aromatic N) is 3. The number of hydrogen-bond acceptors (Lipinski definition) is 6. The highest BCUT2D eigenvalue weighted by molar-refractivity contribution is 8.15. The van der Waals surface area contributed by atoms with Crippen LogP contribution in [-0.2, 0) is 11.9 Å². The number of nitrogens with one attached hydrogen (secondary N) is 1. The Morgan fingerprint density at radius 3 is 2.64 bits per heavy atom. The number of aromatic nitrogens is 2. The zero-order valence-electron chi connectivity index (χ0n) is 14.8. The molecule has 1 saturated carbocycles. The van der Waals surface area contributed by atoms with Crippen LogP contribution in [0.1, 0.15) is 42.6 Å². The fourth-order valence-electron chi connectivity index (χ4n) is 3.88. The van der Waals surface area contributed by atoms with Crippen molar-refractivity contribution in [2.24, 2.45) is 10.9 Å². The lowest BCUT2D eigenvalue weighted by Crippen LogP contribution is -2.49. The van der Waals surface area contributed by atoms with Crippen molar-refractivity contribution in [1.82, 2.24) is 14.5 Å². The average Bonchev–Trinajstić information content (AvgIpc) is 3.23. The summed E-state index contributed by atoms with van der Waals surface area (Å²) in [5.41, 5.74) is -0.565. The lowest BCUT2D eigenvalue weighted by atomic mass is 9.92. The number of aliphatic hydroxyl groups is 1. The Hall–Kier alpha value is -1.49. The van der Waals surface area contributed by atoms with Crippen molar-refractivity contribution in [3.05, 3.63) is 47.3 Å². The fraction of sp³-hybridized carbons (Fsp3) is 0.444. The van der Waals surface area contributed by atoms with Gasteiger partial charge in [0, 0.05) is 10.5 Å². The standard InChI is InChI=1S/C18H17F3N4OS2/c1-9-23-17(26)15-13(8-22-24-15)14(10-2-3-10)25(16(17)27-9)28-12-6-4-11(5-7-12)18(19,20)21/h4-8,10,14,16,26H,2-3H2,1H3,(H,22,24). The molecule has 3 atom stereocenters. The van der Waals surface area contributed by atoms with Crippen molar-refractivity contribution in [1.29, 1.82) is 0 Å². The molecule has 1 aliphatic carbocycles. The first-order valence-electron chi connectivity index (χ1n) is 8.90. The Kier molecular flexibility index (Phi) is 4.14. The summed E-state index contributed by atoms with van der Waals surface area (Å²) in [7, 11) is 0. The molecule has 2 aromatic rings. The van der Waals surface area contributed by atoms with Crippen LogP contribution in [0, 0.1) is 5.92 Å². The summed E-state index contributed by atoms with van der Waals surface area (Å²) < 4.78 is 40.7. The zero-order chi connectivity index (χ0) is 19.7. The first-order valence-corrected chi connectivity index (χ1v) is 10.6. The van der Waals surface area contributed by atoms with E-state index >= 15 is 0 Å². The highest BCUT2D eigenvalue weighted by atomic mass is 32.2. The van der Waals surface area contributed by atoms with Gasteiger partial charge in [-0.15, -0.1) is 0 Å².